The lowest BCUT2D eigenvalue weighted by atomic mass is 10.2. The molecule has 4 rings (SSSR count). The summed E-state index contributed by atoms with van der Waals surface area (Å²) in [7, 11) is 0. The molecule has 3 heterocycles. The molecule has 0 aliphatic rings. The molecule has 0 amide bonds. The molecule has 3 aromatic heterocycles. The maximum Gasteiger partial charge on any atom is 0.331 e. The highest BCUT2D eigenvalue weighted by molar-refractivity contribution is 9.10. The minimum atomic E-state index is -0.194. The molecule has 0 saturated heterocycles. The first-order valence-corrected chi connectivity index (χ1v) is 7.55. The van der Waals surface area contributed by atoms with Gasteiger partial charge in [0.15, 0.2) is 0 Å². The van der Waals surface area contributed by atoms with Crippen molar-refractivity contribution in [3.63, 3.8) is 0 Å². The predicted octanol–water partition coefficient (Wildman–Crippen LogP) is 3.33. The Morgan fingerprint density at radius 2 is 2.09 bits per heavy atom. The number of nitrogens with zero attached hydrogens (tertiary/aromatic N) is 3. The summed E-state index contributed by atoms with van der Waals surface area (Å²) in [4.78, 5) is 24.0. The van der Waals surface area contributed by atoms with E-state index >= 15 is 0 Å². The number of nitrogens with one attached hydrogen (secondary N) is 1. The van der Waals surface area contributed by atoms with Crippen LogP contribution in [0.4, 0.5) is 0 Å². The van der Waals surface area contributed by atoms with Gasteiger partial charge in [0.05, 0.1) is 34.1 Å². The third-order valence-corrected chi connectivity index (χ3v) is 4.18. The number of halogens is 1. The van der Waals surface area contributed by atoms with Crippen molar-refractivity contribution in [2.24, 2.45) is 0 Å². The van der Waals surface area contributed by atoms with E-state index in [9.17, 15) is 4.79 Å². The monoisotopic (exact) mass is 354 g/mol. The second-order valence-electron chi connectivity index (χ2n) is 5.06. The molecule has 5 nitrogen and oxygen atoms in total. The topological polar surface area (TPSA) is 63.6 Å². The van der Waals surface area contributed by atoms with Gasteiger partial charge in [-0.3, -0.25) is 14.5 Å². The Labute approximate surface area is 133 Å². The van der Waals surface area contributed by atoms with Crippen LogP contribution in [0.1, 0.15) is 5.69 Å². The minimum absolute atomic E-state index is 0.194. The van der Waals surface area contributed by atoms with Gasteiger partial charge in [0.1, 0.15) is 0 Å². The second-order valence-corrected chi connectivity index (χ2v) is 5.97. The molecule has 0 atom stereocenters. The Morgan fingerprint density at radius 1 is 1.23 bits per heavy atom. The summed E-state index contributed by atoms with van der Waals surface area (Å²) in [6.45, 7) is 1.89. The summed E-state index contributed by atoms with van der Waals surface area (Å²) in [5.74, 6) is 0. The Kier molecular flexibility index (Phi) is 2.87. The minimum Gasteiger partial charge on any atom is -0.304 e. The van der Waals surface area contributed by atoms with Gasteiger partial charge in [-0.2, -0.15) is 0 Å². The normalized spacial score (nSPS) is 11.4. The molecule has 0 fully saturated rings. The lowest BCUT2D eigenvalue weighted by Gasteiger charge is -2.08. The predicted molar refractivity (Wildman–Crippen MR) is 89.4 cm³/mol. The van der Waals surface area contributed by atoms with Crippen LogP contribution in [0.15, 0.2) is 52.0 Å². The summed E-state index contributed by atoms with van der Waals surface area (Å²) >= 11 is 3.48. The molecular weight excluding hydrogens is 344 g/mol. The number of benzene rings is 1. The fourth-order valence-corrected chi connectivity index (χ4v) is 3.06. The third kappa shape index (κ3) is 1.88. The SMILES string of the molecule is Cc1ncccc1-n1c(=O)[nH]c2cnc3ccc(Br)cc3c21. The van der Waals surface area contributed by atoms with Gasteiger partial charge in [-0.1, -0.05) is 15.9 Å². The molecule has 0 aliphatic heterocycles. The Morgan fingerprint density at radius 3 is 2.91 bits per heavy atom. The van der Waals surface area contributed by atoms with Crippen molar-refractivity contribution in [1.82, 2.24) is 19.5 Å². The molecule has 6 heteroatoms. The van der Waals surface area contributed by atoms with Crippen LogP contribution < -0.4 is 5.69 Å². The van der Waals surface area contributed by atoms with Gasteiger partial charge in [0.25, 0.3) is 0 Å². The van der Waals surface area contributed by atoms with Crippen LogP contribution in [0.5, 0.6) is 0 Å². The Hall–Kier alpha value is -2.47. The zero-order valence-electron chi connectivity index (χ0n) is 11.7. The van der Waals surface area contributed by atoms with Crippen LogP contribution in [0.25, 0.3) is 27.6 Å². The number of aromatic nitrogens is 4. The van der Waals surface area contributed by atoms with Crippen molar-refractivity contribution in [2.75, 3.05) is 0 Å². The van der Waals surface area contributed by atoms with Crippen LogP contribution >= 0.6 is 15.9 Å². The molecule has 0 aliphatic carbocycles. The fraction of sp³-hybridized carbons (Fsp3) is 0.0625. The van der Waals surface area contributed by atoms with Crippen molar-refractivity contribution < 1.29 is 0 Å². The lowest BCUT2D eigenvalue weighted by Crippen LogP contribution is -2.16. The van der Waals surface area contributed by atoms with Crippen molar-refractivity contribution in [3.05, 3.63) is 63.4 Å². The number of fused-ring (bicyclic) bond motifs is 3. The first-order chi connectivity index (χ1) is 10.6. The average Bonchev–Trinajstić information content (AvgIpc) is 2.84. The van der Waals surface area contributed by atoms with Crippen LogP contribution in [-0.4, -0.2) is 19.5 Å². The highest BCUT2D eigenvalue weighted by atomic mass is 79.9. The molecule has 0 spiro atoms. The first kappa shape index (κ1) is 13.2. The molecular formula is C16H11BrN4O. The van der Waals surface area contributed by atoms with E-state index in [2.05, 4.69) is 30.9 Å². The van der Waals surface area contributed by atoms with Crippen LogP contribution in [0, 0.1) is 6.92 Å². The van der Waals surface area contributed by atoms with Crippen molar-refractivity contribution >= 4 is 37.9 Å². The second kappa shape index (κ2) is 4.78. The quantitative estimate of drug-likeness (QED) is 0.570. The molecule has 4 aromatic rings. The average molecular weight is 355 g/mol. The molecule has 0 unspecified atom stereocenters. The number of imidazole rings is 1. The van der Waals surface area contributed by atoms with E-state index in [0.29, 0.717) is 5.52 Å². The largest absolute Gasteiger partial charge is 0.331 e. The van der Waals surface area contributed by atoms with E-state index in [1.807, 2.05) is 37.3 Å². The summed E-state index contributed by atoms with van der Waals surface area (Å²) in [5.41, 5.74) is 3.73. The maximum absolute atomic E-state index is 12.5. The van der Waals surface area contributed by atoms with Crippen LogP contribution in [0.3, 0.4) is 0 Å². The van der Waals surface area contributed by atoms with Gasteiger partial charge in [0.2, 0.25) is 0 Å². The molecule has 0 bridgehead atoms. The van der Waals surface area contributed by atoms with Gasteiger partial charge >= 0.3 is 5.69 Å². The van der Waals surface area contributed by atoms with E-state index in [-0.39, 0.29) is 5.69 Å². The molecule has 1 aromatic carbocycles. The molecule has 0 radical (unpaired) electrons. The summed E-state index contributed by atoms with van der Waals surface area (Å²) in [6, 6.07) is 9.55. The number of hydrogen-bond acceptors (Lipinski definition) is 3. The smallest absolute Gasteiger partial charge is 0.304 e. The lowest BCUT2D eigenvalue weighted by molar-refractivity contribution is 0.982. The molecule has 22 heavy (non-hydrogen) atoms. The van der Waals surface area contributed by atoms with Gasteiger partial charge in [-0.05, 0) is 37.3 Å². The number of rotatable bonds is 1. The maximum atomic E-state index is 12.5. The van der Waals surface area contributed by atoms with Crippen molar-refractivity contribution in [2.45, 2.75) is 6.92 Å². The van der Waals surface area contributed by atoms with E-state index in [4.69, 9.17) is 0 Å². The third-order valence-electron chi connectivity index (χ3n) is 3.69. The number of H-pyrrole nitrogens is 1. The number of aromatic amines is 1. The number of pyridine rings is 2. The number of hydrogen-bond donors (Lipinski definition) is 1. The van der Waals surface area contributed by atoms with Crippen molar-refractivity contribution in [3.8, 4) is 5.69 Å². The van der Waals surface area contributed by atoms with E-state index in [0.717, 1.165) is 32.3 Å². The van der Waals surface area contributed by atoms with Gasteiger partial charge in [-0.15, -0.1) is 0 Å². The first-order valence-electron chi connectivity index (χ1n) is 6.76. The fourth-order valence-electron chi connectivity index (χ4n) is 2.70. The molecule has 1 N–H and O–H groups in total. The summed E-state index contributed by atoms with van der Waals surface area (Å²) in [6.07, 6.45) is 3.41. The standard InChI is InChI=1S/C16H11BrN4O/c1-9-14(3-2-6-18-9)21-15-11-7-10(17)4-5-12(11)19-8-13(15)20-16(21)22/h2-8H,1H3,(H,20,22). The molecule has 0 saturated carbocycles. The van der Waals surface area contributed by atoms with Crippen molar-refractivity contribution in [1.29, 1.82) is 0 Å². The summed E-state index contributed by atoms with van der Waals surface area (Å²) in [5, 5.41) is 0.911. The Bertz CT molecular complexity index is 1080. The van der Waals surface area contributed by atoms with Gasteiger partial charge < -0.3 is 4.98 Å². The van der Waals surface area contributed by atoms with Gasteiger partial charge in [0, 0.05) is 16.1 Å². The zero-order valence-corrected chi connectivity index (χ0v) is 13.3. The molecule has 108 valence electrons. The number of aryl methyl sites for hydroxylation is 1. The van der Waals surface area contributed by atoms with Crippen LogP contribution in [-0.2, 0) is 0 Å². The van der Waals surface area contributed by atoms with Crippen LogP contribution in [0.2, 0.25) is 0 Å². The summed E-state index contributed by atoms with van der Waals surface area (Å²) < 4.78 is 2.60. The van der Waals surface area contributed by atoms with E-state index in [1.165, 1.54) is 0 Å². The highest BCUT2D eigenvalue weighted by Crippen LogP contribution is 2.27. The highest BCUT2D eigenvalue weighted by Gasteiger charge is 2.14. The zero-order chi connectivity index (χ0) is 15.3. The Balaban J connectivity index is 2.23. The van der Waals surface area contributed by atoms with E-state index in [1.54, 1.807) is 17.0 Å². The van der Waals surface area contributed by atoms with E-state index < -0.39 is 0 Å². The van der Waals surface area contributed by atoms with Gasteiger partial charge in [-0.25, -0.2) is 4.79 Å².